The van der Waals surface area contributed by atoms with E-state index in [9.17, 15) is 0 Å². The predicted octanol–water partition coefficient (Wildman–Crippen LogP) is 1.60. The average molecular weight is 211 g/mol. The number of anilines is 1. The average Bonchev–Trinajstić information content (AvgIpc) is 2.82. The maximum atomic E-state index is 5.67. The first kappa shape index (κ1) is 8.84. The zero-order valence-corrected chi connectivity index (χ0v) is 8.38. The summed E-state index contributed by atoms with van der Waals surface area (Å²) in [4.78, 5) is 8.79. The van der Waals surface area contributed by atoms with Crippen LogP contribution in [0.5, 0.6) is 0 Å². The summed E-state index contributed by atoms with van der Waals surface area (Å²) in [5.74, 6) is 0. The van der Waals surface area contributed by atoms with Gasteiger partial charge >= 0.3 is 0 Å². The van der Waals surface area contributed by atoms with Crippen LogP contribution in [0.2, 0.25) is 0 Å². The summed E-state index contributed by atoms with van der Waals surface area (Å²) in [5.41, 5.74) is 9.71. The van der Waals surface area contributed by atoms with Crippen LogP contribution >= 0.6 is 0 Å². The first-order chi connectivity index (χ1) is 7.83. The van der Waals surface area contributed by atoms with Crippen molar-refractivity contribution in [1.29, 1.82) is 0 Å². The van der Waals surface area contributed by atoms with Crippen LogP contribution in [-0.2, 0) is 0 Å². The minimum Gasteiger partial charge on any atom is -0.399 e. The third kappa shape index (κ3) is 1.38. The number of nitrogen functional groups attached to an aromatic ring is 1. The highest BCUT2D eigenvalue weighted by atomic mass is 15.1. The molecule has 5 nitrogen and oxygen atoms in total. The number of aromatic nitrogens is 4. The Kier molecular flexibility index (Phi) is 1.83. The van der Waals surface area contributed by atoms with E-state index in [4.69, 9.17) is 5.73 Å². The molecule has 16 heavy (non-hydrogen) atoms. The van der Waals surface area contributed by atoms with Crippen LogP contribution in [0, 0.1) is 0 Å². The summed E-state index contributed by atoms with van der Waals surface area (Å²) in [6.07, 6.45) is 5.22. The standard InChI is InChI=1S/C11H9N5/c12-8-1-2-9-10(3-8)13-6-11(16-9)7-4-14-15-5-7/h1-6H,12H2,(H,14,15). The highest BCUT2D eigenvalue weighted by molar-refractivity contribution is 5.79. The number of aromatic amines is 1. The molecule has 2 aromatic heterocycles. The van der Waals surface area contributed by atoms with Gasteiger partial charge in [-0.1, -0.05) is 0 Å². The van der Waals surface area contributed by atoms with Crippen molar-refractivity contribution in [3.63, 3.8) is 0 Å². The minimum atomic E-state index is 0.692. The van der Waals surface area contributed by atoms with E-state index in [0.29, 0.717) is 5.69 Å². The van der Waals surface area contributed by atoms with E-state index in [-0.39, 0.29) is 0 Å². The van der Waals surface area contributed by atoms with Crippen molar-refractivity contribution in [3.8, 4) is 11.3 Å². The predicted molar refractivity (Wildman–Crippen MR) is 61.5 cm³/mol. The molecule has 0 aliphatic heterocycles. The minimum absolute atomic E-state index is 0.692. The van der Waals surface area contributed by atoms with Crippen molar-refractivity contribution in [2.75, 3.05) is 5.73 Å². The number of hydrogen-bond donors (Lipinski definition) is 2. The third-order valence-corrected chi connectivity index (χ3v) is 2.36. The summed E-state index contributed by atoms with van der Waals surface area (Å²) in [6.45, 7) is 0. The monoisotopic (exact) mass is 211 g/mol. The Hall–Kier alpha value is -2.43. The largest absolute Gasteiger partial charge is 0.399 e. The molecule has 0 radical (unpaired) electrons. The van der Waals surface area contributed by atoms with Crippen LogP contribution in [0.1, 0.15) is 0 Å². The van der Waals surface area contributed by atoms with Crippen molar-refractivity contribution in [2.45, 2.75) is 0 Å². The fraction of sp³-hybridized carbons (Fsp3) is 0. The van der Waals surface area contributed by atoms with Crippen LogP contribution in [0.4, 0.5) is 5.69 Å². The van der Waals surface area contributed by atoms with E-state index in [1.165, 1.54) is 0 Å². The molecule has 0 fully saturated rings. The Bertz CT molecular complexity index is 630. The summed E-state index contributed by atoms with van der Waals surface area (Å²) in [5, 5.41) is 6.63. The van der Waals surface area contributed by atoms with Crippen LogP contribution in [0.25, 0.3) is 22.3 Å². The summed E-state index contributed by atoms with van der Waals surface area (Å²) in [7, 11) is 0. The zero-order chi connectivity index (χ0) is 11.0. The number of benzene rings is 1. The molecule has 3 N–H and O–H groups in total. The molecule has 0 amide bonds. The molecule has 0 atom stereocenters. The zero-order valence-electron chi connectivity index (χ0n) is 8.38. The van der Waals surface area contributed by atoms with Gasteiger partial charge in [-0.25, -0.2) is 4.98 Å². The number of nitrogens with two attached hydrogens (primary N) is 1. The summed E-state index contributed by atoms with van der Waals surface area (Å²) >= 11 is 0. The fourth-order valence-corrected chi connectivity index (χ4v) is 1.56. The summed E-state index contributed by atoms with van der Waals surface area (Å²) in [6, 6.07) is 5.49. The smallest absolute Gasteiger partial charge is 0.0924 e. The lowest BCUT2D eigenvalue weighted by Crippen LogP contribution is -1.90. The Morgan fingerprint density at radius 2 is 2.06 bits per heavy atom. The first-order valence-corrected chi connectivity index (χ1v) is 4.84. The molecule has 0 saturated heterocycles. The second-order valence-electron chi connectivity index (χ2n) is 3.49. The SMILES string of the molecule is Nc1ccc2nc(-c3cn[nH]c3)cnc2c1. The van der Waals surface area contributed by atoms with E-state index < -0.39 is 0 Å². The molecule has 0 aliphatic rings. The van der Waals surface area contributed by atoms with E-state index in [0.717, 1.165) is 22.3 Å². The lowest BCUT2D eigenvalue weighted by Gasteiger charge is -2.00. The van der Waals surface area contributed by atoms with E-state index in [2.05, 4.69) is 20.2 Å². The first-order valence-electron chi connectivity index (χ1n) is 4.84. The van der Waals surface area contributed by atoms with Gasteiger partial charge in [-0.15, -0.1) is 0 Å². The van der Waals surface area contributed by atoms with Crippen LogP contribution in [0.3, 0.4) is 0 Å². The van der Waals surface area contributed by atoms with Gasteiger partial charge < -0.3 is 5.73 Å². The second-order valence-corrected chi connectivity index (χ2v) is 3.49. The molecular formula is C11H9N5. The van der Waals surface area contributed by atoms with Crippen molar-refractivity contribution in [2.24, 2.45) is 0 Å². The lowest BCUT2D eigenvalue weighted by atomic mass is 10.2. The third-order valence-electron chi connectivity index (χ3n) is 2.36. The maximum absolute atomic E-state index is 5.67. The molecule has 0 unspecified atom stereocenters. The number of nitrogens with zero attached hydrogens (tertiary/aromatic N) is 3. The van der Waals surface area contributed by atoms with Gasteiger partial charge in [0.1, 0.15) is 0 Å². The quantitative estimate of drug-likeness (QED) is 0.599. The van der Waals surface area contributed by atoms with Crippen molar-refractivity contribution < 1.29 is 0 Å². The Labute approximate surface area is 91.3 Å². The van der Waals surface area contributed by atoms with Crippen LogP contribution in [0.15, 0.2) is 36.8 Å². The maximum Gasteiger partial charge on any atom is 0.0924 e. The van der Waals surface area contributed by atoms with Gasteiger partial charge in [0, 0.05) is 17.4 Å². The van der Waals surface area contributed by atoms with E-state index in [1.807, 2.05) is 18.2 Å². The van der Waals surface area contributed by atoms with Gasteiger partial charge in [0.2, 0.25) is 0 Å². The molecule has 2 heterocycles. The topological polar surface area (TPSA) is 80.5 Å². The van der Waals surface area contributed by atoms with Crippen LogP contribution in [-0.4, -0.2) is 20.2 Å². The normalized spacial score (nSPS) is 10.8. The molecule has 3 aromatic rings. The van der Waals surface area contributed by atoms with Crippen molar-refractivity contribution in [1.82, 2.24) is 20.2 Å². The van der Waals surface area contributed by atoms with E-state index in [1.54, 1.807) is 18.6 Å². The highest BCUT2D eigenvalue weighted by Crippen LogP contribution is 2.18. The van der Waals surface area contributed by atoms with Crippen molar-refractivity contribution in [3.05, 3.63) is 36.8 Å². The van der Waals surface area contributed by atoms with Crippen LogP contribution < -0.4 is 5.73 Å². The Morgan fingerprint density at radius 1 is 1.12 bits per heavy atom. The van der Waals surface area contributed by atoms with Gasteiger partial charge in [0.15, 0.2) is 0 Å². The molecule has 1 aromatic carbocycles. The number of rotatable bonds is 1. The molecule has 0 bridgehead atoms. The molecule has 5 heteroatoms. The molecule has 0 spiro atoms. The number of H-pyrrole nitrogens is 1. The number of hydrogen-bond acceptors (Lipinski definition) is 4. The summed E-state index contributed by atoms with van der Waals surface area (Å²) < 4.78 is 0. The molecular weight excluding hydrogens is 202 g/mol. The lowest BCUT2D eigenvalue weighted by molar-refractivity contribution is 1.09. The molecule has 0 aliphatic carbocycles. The molecule has 3 rings (SSSR count). The molecule has 78 valence electrons. The Balaban J connectivity index is 2.20. The van der Waals surface area contributed by atoms with Crippen molar-refractivity contribution >= 4 is 16.7 Å². The number of nitrogens with one attached hydrogen (secondary N) is 1. The van der Waals surface area contributed by atoms with Gasteiger partial charge in [0.25, 0.3) is 0 Å². The van der Waals surface area contributed by atoms with Gasteiger partial charge in [-0.2, -0.15) is 5.10 Å². The number of fused-ring (bicyclic) bond motifs is 1. The van der Waals surface area contributed by atoms with Gasteiger partial charge in [0.05, 0.1) is 29.1 Å². The van der Waals surface area contributed by atoms with E-state index >= 15 is 0 Å². The highest BCUT2D eigenvalue weighted by Gasteiger charge is 2.03. The second kappa shape index (κ2) is 3.30. The van der Waals surface area contributed by atoms with Gasteiger partial charge in [-0.05, 0) is 18.2 Å². The van der Waals surface area contributed by atoms with Gasteiger partial charge in [-0.3, -0.25) is 10.1 Å². The fourth-order valence-electron chi connectivity index (χ4n) is 1.56. The molecule has 0 saturated carbocycles. The Morgan fingerprint density at radius 3 is 2.88 bits per heavy atom.